The van der Waals surface area contributed by atoms with Gasteiger partial charge in [0.05, 0.1) is 0 Å². The molecule has 1 aromatic rings. The van der Waals surface area contributed by atoms with Crippen LogP contribution in [-0.2, 0) is 16.1 Å². The van der Waals surface area contributed by atoms with Gasteiger partial charge in [-0.25, -0.2) is 18.0 Å². The summed E-state index contributed by atoms with van der Waals surface area (Å²) in [5.74, 6) is -5.23. The molecule has 19 heavy (non-hydrogen) atoms. The maximum absolute atomic E-state index is 13.4. The summed E-state index contributed by atoms with van der Waals surface area (Å²) in [7, 11) is 0. The number of benzene rings is 1. The molecule has 1 aromatic carbocycles. The van der Waals surface area contributed by atoms with Crippen molar-refractivity contribution < 1.29 is 27.9 Å². The number of amides is 1. The van der Waals surface area contributed by atoms with Gasteiger partial charge in [-0.3, -0.25) is 4.79 Å². The number of carbonyl (C=O) groups excluding carboxylic acids is 1. The highest BCUT2D eigenvalue weighted by molar-refractivity contribution is 5.87. The maximum atomic E-state index is 13.4. The molecule has 7 heteroatoms. The van der Waals surface area contributed by atoms with Crippen molar-refractivity contribution in [2.45, 2.75) is 25.4 Å². The van der Waals surface area contributed by atoms with Gasteiger partial charge in [0.25, 0.3) is 0 Å². The third-order valence-electron chi connectivity index (χ3n) is 3.04. The average molecular weight is 273 g/mol. The van der Waals surface area contributed by atoms with Crippen LogP contribution >= 0.6 is 0 Å². The molecule has 0 saturated carbocycles. The van der Waals surface area contributed by atoms with Gasteiger partial charge in [0.1, 0.15) is 11.9 Å². The third-order valence-corrected chi connectivity index (χ3v) is 3.04. The first-order chi connectivity index (χ1) is 8.90. The first kappa shape index (κ1) is 13.4. The van der Waals surface area contributed by atoms with Gasteiger partial charge in [0.15, 0.2) is 11.6 Å². The summed E-state index contributed by atoms with van der Waals surface area (Å²) in [6, 6.07) is -0.0455. The van der Waals surface area contributed by atoms with E-state index in [2.05, 4.69) is 0 Å². The number of carboxylic acid groups (broad SMARTS) is 1. The molecule has 0 bridgehead atoms. The fourth-order valence-electron chi connectivity index (χ4n) is 2.06. The number of halogens is 3. The SMILES string of the molecule is O=C(O)C1CCC(=O)N1Cc1cc(F)c(F)cc1F. The molecule has 1 atom stereocenters. The molecule has 4 nitrogen and oxygen atoms in total. The number of nitrogens with zero attached hydrogens (tertiary/aromatic N) is 1. The zero-order chi connectivity index (χ0) is 14.2. The van der Waals surface area contributed by atoms with E-state index in [-0.39, 0.29) is 18.4 Å². The number of hydrogen-bond acceptors (Lipinski definition) is 2. The molecule has 0 aliphatic carbocycles. The summed E-state index contributed by atoms with van der Waals surface area (Å²) in [5.41, 5.74) is -0.250. The Morgan fingerprint density at radius 2 is 1.89 bits per heavy atom. The van der Waals surface area contributed by atoms with Gasteiger partial charge in [0.2, 0.25) is 5.91 Å². The van der Waals surface area contributed by atoms with E-state index in [1.165, 1.54) is 0 Å². The molecular formula is C12H10F3NO3. The van der Waals surface area contributed by atoms with Crippen LogP contribution in [0.15, 0.2) is 12.1 Å². The molecule has 1 amide bonds. The highest BCUT2D eigenvalue weighted by Gasteiger charge is 2.36. The summed E-state index contributed by atoms with van der Waals surface area (Å²) in [4.78, 5) is 23.4. The van der Waals surface area contributed by atoms with Crippen molar-refractivity contribution in [1.82, 2.24) is 4.90 Å². The van der Waals surface area contributed by atoms with Crippen LogP contribution in [0.2, 0.25) is 0 Å². The number of aliphatic carboxylic acids is 1. The lowest BCUT2D eigenvalue weighted by atomic mass is 10.1. The van der Waals surface area contributed by atoms with E-state index in [9.17, 15) is 22.8 Å². The standard InChI is InChI=1S/C12H10F3NO3/c13-7-4-9(15)8(14)3-6(7)5-16-10(12(18)19)1-2-11(16)17/h3-4,10H,1-2,5H2,(H,18,19). The molecule has 1 aliphatic rings. The van der Waals surface area contributed by atoms with Gasteiger partial charge in [-0.1, -0.05) is 0 Å². The van der Waals surface area contributed by atoms with E-state index in [0.717, 1.165) is 4.90 Å². The van der Waals surface area contributed by atoms with Gasteiger partial charge in [-0.15, -0.1) is 0 Å². The number of carbonyl (C=O) groups is 2. The molecule has 1 unspecified atom stereocenters. The highest BCUT2D eigenvalue weighted by Crippen LogP contribution is 2.23. The molecular weight excluding hydrogens is 263 g/mol. The summed E-state index contributed by atoms with van der Waals surface area (Å²) in [5, 5.41) is 8.93. The lowest BCUT2D eigenvalue weighted by Crippen LogP contribution is -2.38. The molecule has 102 valence electrons. The third kappa shape index (κ3) is 2.54. The molecule has 1 aliphatic heterocycles. The number of hydrogen-bond donors (Lipinski definition) is 1. The molecule has 1 fully saturated rings. The quantitative estimate of drug-likeness (QED) is 0.852. The topological polar surface area (TPSA) is 57.6 Å². The second-order valence-electron chi connectivity index (χ2n) is 4.27. The summed E-state index contributed by atoms with van der Waals surface area (Å²) in [6.45, 7) is -0.390. The van der Waals surface area contributed by atoms with Crippen LogP contribution in [0.25, 0.3) is 0 Å². The normalized spacial score (nSPS) is 19.0. The Labute approximate surface area is 106 Å². The van der Waals surface area contributed by atoms with E-state index < -0.39 is 41.9 Å². The van der Waals surface area contributed by atoms with E-state index in [1.54, 1.807) is 0 Å². The van der Waals surface area contributed by atoms with E-state index in [0.29, 0.717) is 12.1 Å². The Bertz CT molecular complexity index is 547. The van der Waals surface area contributed by atoms with Crippen molar-refractivity contribution in [1.29, 1.82) is 0 Å². The first-order valence-corrected chi connectivity index (χ1v) is 5.56. The van der Waals surface area contributed by atoms with Crippen molar-refractivity contribution in [3.63, 3.8) is 0 Å². The second-order valence-corrected chi connectivity index (χ2v) is 4.27. The Morgan fingerprint density at radius 1 is 1.26 bits per heavy atom. The van der Waals surface area contributed by atoms with Crippen LogP contribution in [-0.4, -0.2) is 27.9 Å². The fraction of sp³-hybridized carbons (Fsp3) is 0.333. The lowest BCUT2D eigenvalue weighted by Gasteiger charge is -2.21. The zero-order valence-electron chi connectivity index (χ0n) is 9.70. The minimum absolute atomic E-state index is 0.0439. The molecule has 1 heterocycles. The van der Waals surface area contributed by atoms with Crippen molar-refractivity contribution in [3.05, 3.63) is 35.1 Å². The predicted octanol–water partition coefficient (Wildman–Crippen LogP) is 1.68. The van der Waals surface area contributed by atoms with Gasteiger partial charge in [0, 0.05) is 24.6 Å². The van der Waals surface area contributed by atoms with Crippen molar-refractivity contribution >= 4 is 11.9 Å². The minimum Gasteiger partial charge on any atom is -0.480 e. The molecule has 0 radical (unpaired) electrons. The molecule has 0 spiro atoms. The minimum atomic E-state index is -1.33. The Morgan fingerprint density at radius 3 is 2.53 bits per heavy atom. The van der Waals surface area contributed by atoms with Gasteiger partial charge in [-0.05, 0) is 12.5 Å². The van der Waals surface area contributed by atoms with E-state index >= 15 is 0 Å². The molecule has 1 N–H and O–H groups in total. The fourth-order valence-corrected chi connectivity index (χ4v) is 2.06. The smallest absolute Gasteiger partial charge is 0.326 e. The Hall–Kier alpha value is -2.05. The van der Waals surface area contributed by atoms with E-state index in [1.807, 2.05) is 0 Å². The lowest BCUT2D eigenvalue weighted by molar-refractivity contribution is -0.146. The average Bonchev–Trinajstić information content (AvgIpc) is 2.68. The molecule has 2 rings (SSSR count). The van der Waals surface area contributed by atoms with Crippen molar-refractivity contribution in [2.75, 3.05) is 0 Å². The summed E-state index contributed by atoms with van der Waals surface area (Å²) < 4.78 is 39.2. The number of rotatable bonds is 3. The van der Waals surface area contributed by atoms with Crippen LogP contribution in [0, 0.1) is 17.5 Å². The van der Waals surface area contributed by atoms with Gasteiger partial charge in [-0.2, -0.15) is 0 Å². The van der Waals surface area contributed by atoms with Crippen LogP contribution in [0.3, 0.4) is 0 Å². The van der Waals surface area contributed by atoms with Crippen LogP contribution in [0.1, 0.15) is 18.4 Å². The molecule has 1 saturated heterocycles. The largest absolute Gasteiger partial charge is 0.480 e. The van der Waals surface area contributed by atoms with Crippen LogP contribution in [0.5, 0.6) is 0 Å². The van der Waals surface area contributed by atoms with Crippen LogP contribution in [0.4, 0.5) is 13.2 Å². The van der Waals surface area contributed by atoms with E-state index in [4.69, 9.17) is 5.11 Å². The zero-order valence-corrected chi connectivity index (χ0v) is 9.70. The van der Waals surface area contributed by atoms with Gasteiger partial charge >= 0.3 is 5.97 Å². The van der Waals surface area contributed by atoms with Crippen molar-refractivity contribution in [2.24, 2.45) is 0 Å². The Balaban J connectivity index is 2.27. The molecule has 0 aromatic heterocycles. The first-order valence-electron chi connectivity index (χ1n) is 5.56. The number of carboxylic acids is 1. The van der Waals surface area contributed by atoms with Crippen LogP contribution < -0.4 is 0 Å². The number of likely N-dealkylation sites (tertiary alicyclic amines) is 1. The predicted molar refractivity (Wildman–Crippen MR) is 57.5 cm³/mol. The second kappa shape index (κ2) is 4.91. The Kier molecular flexibility index (Phi) is 3.46. The summed E-state index contributed by atoms with van der Waals surface area (Å²) >= 11 is 0. The van der Waals surface area contributed by atoms with Gasteiger partial charge < -0.3 is 10.0 Å². The van der Waals surface area contributed by atoms with Crippen molar-refractivity contribution in [3.8, 4) is 0 Å². The monoisotopic (exact) mass is 273 g/mol. The highest BCUT2D eigenvalue weighted by atomic mass is 19.2. The summed E-state index contributed by atoms with van der Waals surface area (Å²) in [6.07, 6.45) is 0.168. The maximum Gasteiger partial charge on any atom is 0.326 e.